The highest BCUT2D eigenvalue weighted by Gasteiger charge is 2.09. The van der Waals surface area contributed by atoms with Gasteiger partial charge in [-0.25, -0.2) is 4.39 Å². The molecule has 0 fully saturated rings. The zero-order valence-corrected chi connectivity index (χ0v) is 14.1. The molecule has 0 bridgehead atoms. The van der Waals surface area contributed by atoms with Crippen molar-refractivity contribution in [3.05, 3.63) is 71.1 Å². The third kappa shape index (κ3) is 4.45. The fourth-order valence-corrected chi connectivity index (χ4v) is 2.64. The lowest BCUT2D eigenvalue weighted by molar-refractivity contribution is -0.123. The Morgan fingerprint density at radius 2 is 1.96 bits per heavy atom. The van der Waals surface area contributed by atoms with Crippen LogP contribution in [0.2, 0.25) is 5.02 Å². The van der Waals surface area contributed by atoms with Crippen molar-refractivity contribution in [2.45, 2.75) is 6.42 Å². The SMILES string of the molecule is O=C(COc1ccc(Cl)c2cccnc12)NCCc1ccc(F)cc1. The van der Waals surface area contributed by atoms with E-state index in [1.165, 1.54) is 12.1 Å². The summed E-state index contributed by atoms with van der Waals surface area (Å²) in [5, 5.41) is 4.13. The number of rotatable bonds is 6. The molecule has 25 heavy (non-hydrogen) atoms. The summed E-state index contributed by atoms with van der Waals surface area (Å²) in [6.45, 7) is 0.337. The summed E-state index contributed by atoms with van der Waals surface area (Å²) in [6, 6.07) is 13.3. The molecule has 3 rings (SSSR count). The average Bonchev–Trinajstić information content (AvgIpc) is 2.63. The number of aromatic nitrogens is 1. The molecule has 2 aromatic carbocycles. The van der Waals surface area contributed by atoms with Gasteiger partial charge in [-0.15, -0.1) is 0 Å². The number of hydrogen-bond donors (Lipinski definition) is 1. The first-order valence-electron chi connectivity index (χ1n) is 7.80. The fourth-order valence-electron chi connectivity index (χ4n) is 2.42. The predicted octanol–water partition coefficient (Wildman–Crippen LogP) is 3.77. The van der Waals surface area contributed by atoms with Crippen molar-refractivity contribution in [1.29, 1.82) is 0 Å². The molecular formula is C19H16ClFN2O2. The maximum absolute atomic E-state index is 12.8. The van der Waals surface area contributed by atoms with E-state index in [1.54, 1.807) is 36.5 Å². The lowest BCUT2D eigenvalue weighted by Crippen LogP contribution is -2.30. The molecule has 6 heteroatoms. The number of amides is 1. The van der Waals surface area contributed by atoms with Gasteiger partial charge in [-0.3, -0.25) is 9.78 Å². The Bertz CT molecular complexity index is 884. The van der Waals surface area contributed by atoms with Crippen LogP contribution in [0.5, 0.6) is 5.75 Å². The first kappa shape index (κ1) is 17.2. The number of fused-ring (bicyclic) bond motifs is 1. The standard InChI is InChI=1S/C19H16ClFN2O2/c20-16-7-8-17(19-15(16)2-1-10-23-19)25-12-18(24)22-11-9-13-3-5-14(21)6-4-13/h1-8,10H,9,11-12H2,(H,22,24). The van der Waals surface area contributed by atoms with Crippen LogP contribution in [0.4, 0.5) is 4.39 Å². The molecule has 0 spiro atoms. The van der Waals surface area contributed by atoms with Crippen molar-refractivity contribution < 1.29 is 13.9 Å². The van der Waals surface area contributed by atoms with E-state index in [9.17, 15) is 9.18 Å². The average molecular weight is 359 g/mol. The van der Waals surface area contributed by atoms with Crippen LogP contribution in [0, 0.1) is 5.82 Å². The van der Waals surface area contributed by atoms with Crippen LogP contribution in [-0.4, -0.2) is 24.0 Å². The molecule has 128 valence electrons. The monoisotopic (exact) mass is 358 g/mol. The zero-order valence-electron chi connectivity index (χ0n) is 13.3. The lowest BCUT2D eigenvalue weighted by Gasteiger charge is -2.10. The van der Waals surface area contributed by atoms with Gasteiger partial charge in [0, 0.05) is 18.1 Å². The Morgan fingerprint density at radius 1 is 1.16 bits per heavy atom. The molecule has 0 aliphatic carbocycles. The first-order valence-corrected chi connectivity index (χ1v) is 8.18. The van der Waals surface area contributed by atoms with Gasteiger partial charge in [0.1, 0.15) is 17.1 Å². The van der Waals surface area contributed by atoms with Crippen LogP contribution >= 0.6 is 11.6 Å². The summed E-state index contributed by atoms with van der Waals surface area (Å²) in [6.07, 6.45) is 2.27. The second-order valence-electron chi connectivity index (χ2n) is 5.46. The van der Waals surface area contributed by atoms with Crippen LogP contribution < -0.4 is 10.1 Å². The van der Waals surface area contributed by atoms with Crippen molar-refractivity contribution in [3.8, 4) is 5.75 Å². The second kappa shape index (κ2) is 7.94. The van der Waals surface area contributed by atoms with Crippen LogP contribution in [0.1, 0.15) is 5.56 Å². The maximum atomic E-state index is 12.8. The van der Waals surface area contributed by atoms with Gasteiger partial charge in [0.2, 0.25) is 0 Å². The molecule has 0 unspecified atom stereocenters. The summed E-state index contributed by atoms with van der Waals surface area (Å²) in [7, 11) is 0. The van der Waals surface area contributed by atoms with Crippen LogP contribution in [0.3, 0.4) is 0 Å². The van der Waals surface area contributed by atoms with Gasteiger partial charge in [0.25, 0.3) is 5.91 Å². The molecule has 1 amide bonds. The Kier molecular flexibility index (Phi) is 5.46. The number of carbonyl (C=O) groups is 1. The number of carbonyl (C=O) groups excluding carboxylic acids is 1. The van der Waals surface area contributed by atoms with E-state index in [1.807, 2.05) is 6.07 Å². The quantitative estimate of drug-likeness (QED) is 0.729. The molecule has 0 radical (unpaired) electrons. The molecule has 0 atom stereocenters. The van der Waals surface area contributed by atoms with E-state index < -0.39 is 0 Å². The van der Waals surface area contributed by atoms with Crippen molar-refractivity contribution in [2.24, 2.45) is 0 Å². The highest BCUT2D eigenvalue weighted by Crippen LogP contribution is 2.29. The molecule has 1 aromatic heterocycles. The molecule has 4 nitrogen and oxygen atoms in total. The van der Waals surface area contributed by atoms with Gasteiger partial charge in [-0.2, -0.15) is 0 Å². The number of pyridine rings is 1. The van der Waals surface area contributed by atoms with E-state index in [2.05, 4.69) is 10.3 Å². The minimum atomic E-state index is -0.273. The van der Waals surface area contributed by atoms with Crippen LogP contribution in [0.15, 0.2) is 54.7 Å². The number of ether oxygens (including phenoxy) is 1. The third-order valence-electron chi connectivity index (χ3n) is 3.69. The summed E-state index contributed by atoms with van der Waals surface area (Å²) >= 11 is 6.13. The highest BCUT2D eigenvalue weighted by atomic mass is 35.5. The third-order valence-corrected chi connectivity index (χ3v) is 4.02. The summed E-state index contributed by atoms with van der Waals surface area (Å²) in [4.78, 5) is 16.2. The number of halogens is 2. The topological polar surface area (TPSA) is 51.2 Å². The van der Waals surface area contributed by atoms with Crippen molar-refractivity contribution in [3.63, 3.8) is 0 Å². The van der Waals surface area contributed by atoms with Gasteiger partial charge in [-0.1, -0.05) is 23.7 Å². The fraction of sp³-hybridized carbons (Fsp3) is 0.158. The highest BCUT2D eigenvalue weighted by molar-refractivity contribution is 6.35. The molecular weight excluding hydrogens is 343 g/mol. The number of nitrogens with one attached hydrogen (secondary N) is 1. The number of benzene rings is 2. The normalized spacial score (nSPS) is 10.6. The van der Waals surface area contributed by atoms with Gasteiger partial charge in [0.15, 0.2) is 6.61 Å². The van der Waals surface area contributed by atoms with Gasteiger partial charge < -0.3 is 10.1 Å². The Hall–Kier alpha value is -2.66. The zero-order chi connectivity index (χ0) is 17.6. The van der Waals surface area contributed by atoms with Gasteiger partial charge in [0.05, 0.1) is 5.02 Å². The predicted molar refractivity (Wildman–Crippen MR) is 95.4 cm³/mol. The number of hydrogen-bond acceptors (Lipinski definition) is 3. The molecule has 0 aliphatic rings. The van der Waals surface area contributed by atoms with Gasteiger partial charge in [-0.05, 0) is 48.4 Å². The Balaban J connectivity index is 1.52. The maximum Gasteiger partial charge on any atom is 0.257 e. The molecule has 0 saturated carbocycles. The van der Waals surface area contributed by atoms with E-state index in [4.69, 9.17) is 16.3 Å². The summed E-state index contributed by atoms with van der Waals surface area (Å²) in [5.41, 5.74) is 1.57. The molecule has 3 aromatic rings. The molecule has 1 N–H and O–H groups in total. The first-order chi connectivity index (χ1) is 12.1. The van der Waals surface area contributed by atoms with E-state index >= 15 is 0 Å². The summed E-state index contributed by atoms with van der Waals surface area (Å²) < 4.78 is 18.4. The van der Waals surface area contributed by atoms with E-state index in [-0.39, 0.29) is 18.3 Å². The van der Waals surface area contributed by atoms with Crippen LogP contribution in [0.25, 0.3) is 10.9 Å². The van der Waals surface area contributed by atoms with Crippen molar-refractivity contribution >= 4 is 28.4 Å². The minimum Gasteiger partial charge on any atom is -0.481 e. The van der Waals surface area contributed by atoms with E-state index in [0.29, 0.717) is 29.3 Å². The van der Waals surface area contributed by atoms with E-state index in [0.717, 1.165) is 10.9 Å². The Morgan fingerprint density at radius 3 is 2.76 bits per heavy atom. The second-order valence-corrected chi connectivity index (χ2v) is 5.87. The van der Waals surface area contributed by atoms with Gasteiger partial charge >= 0.3 is 0 Å². The molecule has 1 heterocycles. The molecule has 0 saturated heterocycles. The number of nitrogens with zero attached hydrogens (tertiary/aromatic N) is 1. The largest absolute Gasteiger partial charge is 0.481 e. The van der Waals surface area contributed by atoms with Crippen LogP contribution in [-0.2, 0) is 11.2 Å². The summed E-state index contributed by atoms with van der Waals surface area (Å²) in [5.74, 6) is -0.000173. The smallest absolute Gasteiger partial charge is 0.257 e. The van der Waals surface area contributed by atoms with Crippen molar-refractivity contribution in [1.82, 2.24) is 10.3 Å². The van der Waals surface area contributed by atoms with Crippen molar-refractivity contribution in [2.75, 3.05) is 13.2 Å². The Labute approximate surface area is 149 Å². The minimum absolute atomic E-state index is 0.114. The lowest BCUT2D eigenvalue weighted by atomic mass is 10.1. The molecule has 0 aliphatic heterocycles.